The van der Waals surface area contributed by atoms with Crippen LogP contribution in [-0.4, -0.2) is 43.2 Å². The number of ether oxygens (including phenoxy) is 1. The zero-order valence-corrected chi connectivity index (χ0v) is 11.6. The van der Waals surface area contributed by atoms with Crippen molar-refractivity contribution in [3.05, 3.63) is 0 Å². The number of hydrogen-bond donors (Lipinski definition) is 3. The van der Waals surface area contributed by atoms with Crippen LogP contribution in [0, 0.1) is 0 Å². The van der Waals surface area contributed by atoms with Crippen molar-refractivity contribution >= 4 is 24.2 Å². The van der Waals surface area contributed by atoms with E-state index < -0.39 is 6.10 Å². The number of rotatable bonds is 5. The number of carbonyl (C=O) groups excluding carboxylic acids is 2. The van der Waals surface area contributed by atoms with Crippen molar-refractivity contribution in [2.75, 3.05) is 13.1 Å². The molecule has 106 valence electrons. The maximum absolute atomic E-state index is 11.6. The lowest BCUT2D eigenvalue weighted by atomic mass is 10.2. The molecule has 6 nitrogen and oxygen atoms in total. The molecule has 1 saturated heterocycles. The van der Waals surface area contributed by atoms with E-state index in [0.717, 1.165) is 6.42 Å². The molecular weight excluding hydrogens is 258 g/mol. The van der Waals surface area contributed by atoms with E-state index in [1.165, 1.54) is 0 Å². The third-order valence-electron chi connectivity index (χ3n) is 2.54. The van der Waals surface area contributed by atoms with E-state index in [2.05, 4.69) is 10.6 Å². The lowest BCUT2D eigenvalue weighted by Gasteiger charge is -2.13. The average Bonchev–Trinajstić information content (AvgIpc) is 2.73. The van der Waals surface area contributed by atoms with Gasteiger partial charge in [-0.25, -0.2) is 0 Å². The first kappa shape index (κ1) is 17.2. The Morgan fingerprint density at radius 1 is 1.39 bits per heavy atom. The third-order valence-corrected chi connectivity index (χ3v) is 2.54. The lowest BCUT2D eigenvalue weighted by molar-refractivity contribution is -0.134. The Balaban J connectivity index is 0.00000289. The van der Waals surface area contributed by atoms with Crippen molar-refractivity contribution < 1.29 is 14.3 Å². The Hall–Kier alpha value is -0.850. The highest BCUT2D eigenvalue weighted by Crippen LogP contribution is 2.18. The molecule has 1 fully saturated rings. The normalized spacial score (nSPS) is 22.4. The van der Waals surface area contributed by atoms with Gasteiger partial charge in [0, 0.05) is 12.6 Å². The molecule has 2 atom stereocenters. The molecule has 1 heterocycles. The van der Waals surface area contributed by atoms with Crippen LogP contribution in [0.4, 0.5) is 0 Å². The molecule has 0 saturated carbocycles. The van der Waals surface area contributed by atoms with Crippen molar-refractivity contribution in [1.29, 1.82) is 0 Å². The van der Waals surface area contributed by atoms with Crippen molar-refractivity contribution in [2.24, 2.45) is 5.73 Å². The summed E-state index contributed by atoms with van der Waals surface area (Å²) >= 11 is 0. The first-order valence-corrected chi connectivity index (χ1v) is 5.95. The smallest absolute Gasteiger partial charge is 0.249 e. The van der Waals surface area contributed by atoms with Gasteiger partial charge >= 0.3 is 0 Å². The van der Waals surface area contributed by atoms with Gasteiger partial charge in [-0.3, -0.25) is 9.59 Å². The molecule has 1 aliphatic rings. The van der Waals surface area contributed by atoms with Crippen LogP contribution < -0.4 is 16.4 Å². The molecule has 0 aromatic carbocycles. The van der Waals surface area contributed by atoms with E-state index in [1.54, 1.807) is 0 Å². The predicted octanol–water partition coefficient (Wildman–Crippen LogP) is -0.445. The van der Waals surface area contributed by atoms with Crippen LogP contribution in [0.5, 0.6) is 0 Å². The fourth-order valence-electron chi connectivity index (χ4n) is 1.73. The Bertz CT molecular complexity index is 287. The fraction of sp³-hybridized carbons (Fsp3) is 0.818. The molecule has 0 bridgehead atoms. The lowest BCUT2D eigenvalue weighted by Crippen LogP contribution is -2.43. The standard InChI is InChI=1S/C11H21N3O3.ClH/c1-7(2)14-10(15)6-13-11(16)9-4-3-8(5-12)17-9;/h7-9H,3-6,12H2,1-2H3,(H,13,16)(H,14,15);1H/t8-,9+;/m1./s1. The molecule has 0 radical (unpaired) electrons. The summed E-state index contributed by atoms with van der Waals surface area (Å²) in [5, 5.41) is 5.25. The topological polar surface area (TPSA) is 93.5 Å². The Kier molecular flexibility index (Phi) is 7.90. The zero-order chi connectivity index (χ0) is 12.8. The molecule has 1 rings (SSSR count). The molecule has 2 amide bonds. The highest BCUT2D eigenvalue weighted by atomic mass is 35.5. The summed E-state index contributed by atoms with van der Waals surface area (Å²) in [6, 6.07) is 0.0729. The summed E-state index contributed by atoms with van der Waals surface area (Å²) in [4.78, 5) is 22.9. The molecule has 7 heteroatoms. The van der Waals surface area contributed by atoms with Gasteiger partial charge in [-0.1, -0.05) is 0 Å². The van der Waals surface area contributed by atoms with Gasteiger partial charge in [0.05, 0.1) is 12.6 Å². The maximum Gasteiger partial charge on any atom is 0.249 e. The Labute approximate surface area is 113 Å². The summed E-state index contributed by atoms with van der Waals surface area (Å²) in [5.74, 6) is -0.429. The van der Waals surface area contributed by atoms with E-state index in [0.29, 0.717) is 13.0 Å². The summed E-state index contributed by atoms with van der Waals surface area (Å²) in [6.45, 7) is 4.15. The molecule has 0 unspecified atom stereocenters. The first-order chi connectivity index (χ1) is 8.02. The number of hydrogen-bond acceptors (Lipinski definition) is 4. The van der Waals surface area contributed by atoms with E-state index in [9.17, 15) is 9.59 Å². The second kappa shape index (κ2) is 8.29. The molecule has 0 aliphatic carbocycles. The second-order valence-corrected chi connectivity index (χ2v) is 4.50. The summed E-state index contributed by atoms with van der Waals surface area (Å²) in [7, 11) is 0. The number of halogens is 1. The van der Waals surface area contributed by atoms with Crippen LogP contribution >= 0.6 is 12.4 Å². The SMILES string of the molecule is CC(C)NC(=O)CNC(=O)[C@@H]1CC[C@H](CN)O1.Cl. The number of carbonyl (C=O) groups is 2. The van der Waals surface area contributed by atoms with Gasteiger partial charge in [0.1, 0.15) is 6.10 Å². The minimum atomic E-state index is -0.463. The molecule has 0 aromatic heterocycles. The van der Waals surface area contributed by atoms with E-state index in [-0.39, 0.29) is 42.9 Å². The minimum Gasteiger partial charge on any atom is -0.364 e. The van der Waals surface area contributed by atoms with Gasteiger partial charge in [0.25, 0.3) is 0 Å². The van der Waals surface area contributed by atoms with Crippen LogP contribution in [0.3, 0.4) is 0 Å². The summed E-state index contributed by atoms with van der Waals surface area (Å²) in [6.07, 6.45) is 0.970. The summed E-state index contributed by atoms with van der Waals surface area (Å²) in [5.41, 5.74) is 5.45. The molecule has 0 spiro atoms. The number of amides is 2. The van der Waals surface area contributed by atoms with Gasteiger partial charge < -0.3 is 21.1 Å². The minimum absolute atomic E-state index is 0. The quantitative estimate of drug-likeness (QED) is 0.636. The highest BCUT2D eigenvalue weighted by molar-refractivity contribution is 5.87. The molecule has 0 aromatic rings. The molecule has 18 heavy (non-hydrogen) atoms. The second-order valence-electron chi connectivity index (χ2n) is 4.50. The van der Waals surface area contributed by atoms with Gasteiger partial charge in [-0.15, -0.1) is 12.4 Å². The van der Waals surface area contributed by atoms with Crippen molar-refractivity contribution in [1.82, 2.24) is 10.6 Å². The number of nitrogens with one attached hydrogen (secondary N) is 2. The van der Waals surface area contributed by atoms with Gasteiger partial charge in [0.2, 0.25) is 11.8 Å². The van der Waals surface area contributed by atoms with Crippen molar-refractivity contribution in [3.63, 3.8) is 0 Å². The average molecular weight is 280 g/mol. The van der Waals surface area contributed by atoms with E-state index in [1.807, 2.05) is 13.8 Å². The van der Waals surface area contributed by atoms with Crippen LogP contribution in [-0.2, 0) is 14.3 Å². The van der Waals surface area contributed by atoms with Gasteiger partial charge in [-0.05, 0) is 26.7 Å². The maximum atomic E-state index is 11.6. The monoisotopic (exact) mass is 279 g/mol. The highest BCUT2D eigenvalue weighted by Gasteiger charge is 2.29. The zero-order valence-electron chi connectivity index (χ0n) is 10.8. The van der Waals surface area contributed by atoms with Gasteiger partial charge in [-0.2, -0.15) is 0 Å². The van der Waals surface area contributed by atoms with Crippen LogP contribution in [0.1, 0.15) is 26.7 Å². The fourth-order valence-corrected chi connectivity index (χ4v) is 1.73. The van der Waals surface area contributed by atoms with Crippen LogP contribution in [0.2, 0.25) is 0 Å². The largest absolute Gasteiger partial charge is 0.364 e. The van der Waals surface area contributed by atoms with Crippen molar-refractivity contribution in [2.45, 2.75) is 44.9 Å². The summed E-state index contributed by atoms with van der Waals surface area (Å²) < 4.78 is 5.42. The number of nitrogens with two attached hydrogens (primary N) is 1. The third kappa shape index (κ3) is 5.66. The Morgan fingerprint density at radius 2 is 2.06 bits per heavy atom. The molecule has 4 N–H and O–H groups in total. The van der Waals surface area contributed by atoms with E-state index >= 15 is 0 Å². The van der Waals surface area contributed by atoms with Crippen LogP contribution in [0.25, 0.3) is 0 Å². The molecular formula is C11H22ClN3O3. The predicted molar refractivity (Wildman–Crippen MR) is 70.5 cm³/mol. The first-order valence-electron chi connectivity index (χ1n) is 5.95. The molecule has 1 aliphatic heterocycles. The van der Waals surface area contributed by atoms with Crippen LogP contribution in [0.15, 0.2) is 0 Å². The van der Waals surface area contributed by atoms with Crippen molar-refractivity contribution in [3.8, 4) is 0 Å². The Morgan fingerprint density at radius 3 is 2.56 bits per heavy atom. The van der Waals surface area contributed by atoms with E-state index in [4.69, 9.17) is 10.5 Å². The van der Waals surface area contributed by atoms with Gasteiger partial charge in [0.15, 0.2) is 0 Å².